The third kappa shape index (κ3) is 3.82. The predicted octanol–water partition coefficient (Wildman–Crippen LogP) is 5.16. The number of hydrogen-bond donors (Lipinski definition) is 2. The minimum atomic E-state index is -4.70. The molecule has 0 spiro atoms. The van der Waals surface area contributed by atoms with Gasteiger partial charge in [-0.25, -0.2) is 14.8 Å². The predicted molar refractivity (Wildman–Crippen MR) is 120 cm³/mol. The van der Waals surface area contributed by atoms with E-state index < -0.39 is 35.1 Å². The molecule has 0 amide bonds. The summed E-state index contributed by atoms with van der Waals surface area (Å²) in [7, 11) is 1.46. The maximum Gasteiger partial charge on any atom is 0.433 e. The molecule has 3 N–H and O–H groups in total. The summed E-state index contributed by atoms with van der Waals surface area (Å²) in [6.07, 6.45) is -7.10. The van der Waals surface area contributed by atoms with Gasteiger partial charge >= 0.3 is 18.0 Å². The Labute approximate surface area is 197 Å². The molecule has 7 nitrogen and oxygen atoms in total. The van der Waals surface area contributed by atoms with Crippen molar-refractivity contribution in [3.05, 3.63) is 70.5 Å². The third-order valence-electron chi connectivity index (χ3n) is 5.72. The highest BCUT2D eigenvalue weighted by atomic mass is 19.4. The number of aryl methyl sites for hydroxylation is 1. The highest BCUT2D eigenvalue weighted by Gasteiger charge is 2.34. The number of fused-ring (bicyclic) bond motifs is 3. The topological polar surface area (TPSA) is 102 Å². The Morgan fingerprint density at radius 3 is 2.22 bits per heavy atom. The van der Waals surface area contributed by atoms with Gasteiger partial charge in [-0.2, -0.15) is 26.3 Å². The molecule has 184 valence electrons. The van der Waals surface area contributed by atoms with Gasteiger partial charge in [0.05, 0.1) is 27.8 Å². The Kier molecular flexibility index (Phi) is 5.05. The number of halogens is 6. The lowest BCUT2D eigenvalue weighted by atomic mass is 10.0. The largest absolute Gasteiger partial charge is 0.433 e. The van der Waals surface area contributed by atoms with E-state index in [0.717, 1.165) is 18.3 Å². The fourth-order valence-corrected chi connectivity index (χ4v) is 3.94. The van der Waals surface area contributed by atoms with Crippen LogP contribution in [0.2, 0.25) is 0 Å². The molecule has 0 saturated carbocycles. The van der Waals surface area contributed by atoms with Gasteiger partial charge in [0.25, 0.3) is 0 Å². The lowest BCUT2D eigenvalue weighted by molar-refractivity contribution is -0.141. The lowest BCUT2D eigenvalue weighted by Gasteiger charge is -2.12. The van der Waals surface area contributed by atoms with Crippen LogP contribution in [0, 0.1) is 0 Å². The number of hydrogen-bond acceptors (Lipinski definition) is 5. The highest BCUT2D eigenvalue weighted by Crippen LogP contribution is 2.37. The molecule has 0 aliphatic carbocycles. The van der Waals surface area contributed by atoms with Crippen molar-refractivity contribution < 1.29 is 26.3 Å². The number of imidazole rings is 1. The zero-order valence-corrected chi connectivity index (χ0v) is 18.2. The number of nitrogen functional groups attached to an aromatic ring is 1. The fourth-order valence-electron chi connectivity index (χ4n) is 3.94. The summed E-state index contributed by atoms with van der Waals surface area (Å²) in [5.41, 5.74) is 4.62. The van der Waals surface area contributed by atoms with Crippen molar-refractivity contribution in [2.24, 2.45) is 7.05 Å². The summed E-state index contributed by atoms with van der Waals surface area (Å²) in [5.74, 6) is -0.654. The molecular formula is C23H14F6N6O. The highest BCUT2D eigenvalue weighted by molar-refractivity contribution is 6.08. The molecule has 4 aromatic heterocycles. The molecule has 0 unspecified atom stereocenters. The second kappa shape index (κ2) is 7.80. The van der Waals surface area contributed by atoms with Gasteiger partial charge in [-0.15, -0.1) is 0 Å². The summed E-state index contributed by atoms with van der Waals surface area (Å²) < 4.78 is 80.0. The van der Waals surface area contributed by atoms with Crippen molar-refractivity contribution in [3.63, 3.8) is 0 Å². The van der Waals surface area contributed by atoms with Crippen molar-refractivity contribution in [2.75, 3.05) is 5.73 Å². The van der Waals surface area contributed by atoms with Crippen LogP contribution in [-0.2, 0) is 19.4 Å². The zero-order valence-electron chi connectivity index (χ0n) is 18.2. The molecule has 0 fully saturated rings. The summed E-state index contributed by atoms with van der Waals surface area (Å²) in [6.45, 7) is 0. The van der Waals surface area contributed by atoms with Crippen LogP contribution in [0.5, 0.6) is 0 Å². The molecule has 0 radical (unpaired) electrons. The number of aromatic amines is 1. The first-order chi connectivity index (χ1) is 16.8. The van der Waals surface area contributed by atoms with Gasteiger partial charge in [0, 0.05) is 36.0 Å². The summed E-state index contributed by atoms with van der Waals surface area (Å²) in [4.78, 5) is 26.8. The van der Waals surface area contributed by atoms with E-state index in [1.165, 1.54) is 36.0 Å². The van der Waals surface area contributed by atoms with Gasteiger partial charge in [0.15, 0.2) is 0 Å². The summed E-state index contributed by atoms with van der Waals surface area (Å²) in [5, 5.41) is 0.411. The molecule has 13 heteroatoms. The maximum atomic E-state index is 13.3. The molecule has 5 aromatic rings. The number of rotatable bonds is 2. The van der Waals surface area contributed by atoms with Crippen LogP contribution in [0.15, 0.2) is 53.6 Å². The summed E-state index contributed by atoms with van der Waals surface area (Å²) in [6, 6.07) is 7.48. The van der Waals surface area contributed by atoms with Crippen molar-refractivity contribution in [2.45, 2.75) is 12.4 Å². The van der Waals surface area contributed by atoms with E-state index in [0.29, 0.717) is 22.0 Å². The van der Waals surface area contributed by atoms with Gasteiger partial charge in [0.2, 0.25) is 0 Å². The average molecular weight is 504 g/mol. The lowest BCUT2D eigenvalue weighted by Crippen LogP contribution is -2.12. The molecule has 5 rings (SSSR count). The Bertz CT molecular complexity index is 1700. The van der Waals surface area contributed by atoms with Crippen molar-refractivity contribution in [1.82, 2.24) is 24.5 Å². The van der Waals surface area contributed by atoms with Crippen LogP contribution in [0.3, 0.4) is 0 Å². The second-order valence-corrected chi connectivity index (χ2v) is 7.99. The number of pyridine rings is 3. The summed E-state index contributed by atoms with van der Waals surface area (Å²) >= 11 is 0. The Hall–Kier alpha value is -4.42. The van der Waals surface area contributed by atoms with E-state index in [2.05, 4.69) is 19.9 Å². The van der Waals surface area contributed by atoms with E-state index in [9.17, 15) is 31.1 Å². The van der Waals surface area contributed by atoms with Gasteiger partial charge in [-0.05, 0) is 35.9 Å². The van der Waals surface area contributed by atoms with Gasteiger partial charge in [-0.1, -0.05) is 6.07 Å². The molecule has 0 saturated heterocycles. The Balaban J connectivity index is 1.73. The van der Waals surface area contributed by atoms with E-state index >= 15 is 0 Å². The first-order valence-electron chi connectivity index (χ1n) is 10.2. The van der Waals surface area contributed by atoms with E-state index in [4.69, 9.17) is 5.73 Å². The van der Waals surface area contributed by atoms with Gasteiger partial charge < -0.3 is 10.7 Å². The standard InChI is InChI=1S/C23H14F6N6O/c1-35-19-17(11-3-5-16(31-8-11)23(27,28)29)33-15-4-2-10(6-13(15)18(19)34-21(35)36)12-7-14(22(24,25)26)20(30)32-9-12/h2-9H,1H3,(H2,30,32)(H,34,36). The van der Waals surface area contributed by atoms with Crippen LogP contribution in [-0.4, -0.2) is 24.5 Å². The molecule has 0 bridgehead atoms. The van der Waals surface area contributed by atoms with Crippen molar-refractivity contribution >= 4 is 27.8 Å². The normalized spacial score (nSPS) is 12.5. The molecule has 4 heterocycles. The van der Waals surface area contributed by atoms with Crippen molar-refractivity contribution in [1.29, 1.82) is 0 Å². The van der Waals surface area contributed by atoms with Gasteiger partial charge in [-0.3, -0.25) is 9.55 Å². The van der Waals surface area contributed by atoms with E-state index in [-0.39, 0.29) is 22.3 Å². The molecule has 1 aromatic carbocycles. The number of nitrogens with two attached hydrogens (primary N) is 1. The molecule has 0 atom stereocenters. The van der Waals surface area contributed by atoms with Crippen LogP contribution in [0.4, 0.5) is 32.2 Å². The Morgan fingerprint density at radius 1 is 0.889 bits per heavy atom. The zero-order chi connectivity index (χ0) is 26.0. The smallest absolute Gasteiger partial charge is 0.383 e. The number of nitrogens with zero attached hydrogens (tertiary/aromatic N) is 4. The molecule has 0 aliphatic heterocycles. The maximum absolute atomic E-state index is 13.3. The molecule has 36 heavy (non-hydrogen) atoms. The molecule has 0 aliphatic rings. The number of H-pyrrole nitrogens is 1. The number of nitrogens with one attached hydrogen (secondary N) is 1. The van der Waals surface area contributed by atoms with Crippen LogP contribution in [0.25, 0.3) is 44.3 Å². The first-order valence-corrected chi connectivity index (χ1v) is 10.2. The SMILES string of the molecule is Cn1c(=O)[nH]c2c3cc(-c4cnc(N)c(C(F)(F)F)c4)ccc3nc(-c3ccc(C(F)(F)F)nc3)c21. The fraction of sp³-hybridized carbons (Fsp3) is 0.130. The van der Waals surface area contributed by atoms with Crippen molar-refractivity contribution in [3.8, 4) is 22.4 Å². The van der Waals surface area contributed by atoms with Crippen LogP contribution < -0.4 is 11.4 Å². The quantitative estimate of drug-likeness (QED) is 0.324. The average Bonchev–Trinajstić information content (AvgIpc) is 3.12. The monoisotopic (exact) mass is 504 g/mol. The Morgan fingerprint density at radius 2 is 1.58 bits per heavy atom. The molecular weight excluding hydrogens is 490 g/mol. The van der Waals surface area contributed by atoms with E-state index in [1.54, 1.807) is 6.07 Å². The second-order valence-electron chi connectivity index (χ2n) is 7.99. The number of alkyl halides is 6. The van der Waals surface area contributed by atoms with Crippen LogP contribution >= 0.6 is 0 Å². The number of aromatic nitrogens is 5. The van der Waals surface area contributed by atoms with Crippen LogP contribution in [0.1, 0.15) is 11.3 Å². The third-order valence-corrected chi connectivity index (χ3v) is 5.72. The minimum absolute atomic E-state index is 0.140. The van der Waals surface area contributed by atoms with E-state index in [1.807, 2.05) is 0 Å². The first kappa shape index (κ1) is 23.3. The minimum Gasteiger partial charge on any atom is -0.383 e. The number of benzene rings is 1. The van der Waals surface area contributed by atoms with Gasteiger partial charge in [0.1, 0.15) is 11.5 Å². The number of anilines is 1.